The van der Waals surface area contributed by atoms with E-state index in [1.807, 2.05) is 18.2 Å². The summed E-state index contributed by atoms with van der Waals surface area (Å²) in [4.78, 5) is 11.1. The molecule has 1 atom stereocenters. The zero-order valence-electron chi connectivity index (χ0n) is 8.28. The monoisotopic (exact) mass is 194 g/mol. The maximum Gasteiger partial charge on any atom is 0.239 e. The Morgan fingerprint density at radius 2 is 2.14 bits per heavy atom. The topological polar surface area (TPSA) is 64.3 Å². The second-order valence-corrected chi connectivity index (χ2v) is 2.87. The first-order chi connectivity index (χ1) is 6.70. The molecule has 4 nitrogen and oxygen atoms in total. The summed E-state index contributed by atoms with van der Waals surface area (Å²) in [7, 11) is 3.24. The van der Waals surface area contributed by atoms with Gasteiger partial charge in [-0.25, -0.2) is 0 Å². The summed E-state index contributed by atoms with van der Waals surface area (Å²) in [6.45, 7) is 0. The SMILES string of the molecule is CN[C@H](C(N)=O)c1ccccc1OC. The number of amides is 1. The summed E-state index contributed by atoms with van der Waals surface area (Å²) in [5.74, 6) is 0.239. The lowest BCUT2D eigenvalue weighted by Crippen LogP contribution is -2.31. The van der Waals surface area contributed by atoms with E-state index in [0.29, 0.717) is 5.75 Å². The Hall–Kier alpha value is -1.55. The summed E-state index contributed by atoms with van der Waals surface area (Å²) >= 11 is 0. The van der Waals surface area contributed by atoms with Crippen LogP contribution >= 0.6 is 0 Å². The Morgan fingerprint density at radius 1 is 1.50 bits per heavy atom. The molecule has 1 aromatic carbocycles. The number of hydrogen-bond acceptors (Lipinski definition) is 3. The van der Waals surface area contributed by atoms with Crippen molar-refractivity contribution in [2.45, 2.75) is 6.04 Å². The largest absolute Gasteiger partial charge is 0.496 e. The number of nitrogens with one attached hydrogen (secondary N) is 1. The molecular formula is C10H14N2O2. The number of nitrogens with two attached hydrogens (primary N) is 1. The van der Waals surface area contributed by atoms with Gasteiger partial charge in [-0.1, -0.05) is 18.2 Å². The quantitative estimate of drug-likeness (QED) is 0.731. The minimum absolute atomic E-state index is 0.419. The van der Waals surface area contributed by atoms with Gasteiger partial charge in [0.25, 0.3) is 0 Å². The van der Waals surface area contributed by atoms with E-state index in [9.17, 15) is 4.79 Å². The normalized spacial score (nSPS) is 12.1. The van der Waals surface area contributed by atoms with E-state index in [4.69, 9.17) is 10.5 Å². The molecule has 14 heavy (non-hydrogen) atoms. The summed E-state index contributed by atoms with van der Waals surface area (Å²) in [5, 5.41) is 2.84. The van der Waals surface area contributed by atoms with Crippen molar-refractivity contribution in [1.82, 2.24) is 5.32 Å². The fraction of sp³-hybridized carbons (Fsp3) is 0.300. The zero-order chi connectivity index (χ0) is 10.6. The highest BCUT2D eigenvalue weighted by Gasteiger charge is 2.18. The minimum atomic E-state index is -0.508. The number of ether oxygens (including phenoxy) is 1. The van der Waals surface area contributed by atoms with Gasteiger partial charge in [0.1, 0.15) is 11.8 Å². The lowest BCUT2D eigenvalue weighted by molar-refractivity contribution is -0.120. The van der Waals surface area contributed by atoms with Crippen LogP contribution in [0, 0.1) is 0 Å². The minimum Gasteiger partial charge on any atom is -0.496 e. The third-order valence-corrected chi connectivity index (χ3v) is 2.02. The number of para-hydroxylation sites is 1. The molecule has 0 saturated carbocycles. The average Bonchev–Trinajstić information content (AvgIpc) is 2.19. The molecule has 3 N–H and O–H groups in total. The van der Waals surface area contributed by atoms with E-state index in [2.05, 4.69) is 5.32 Å². The van der Waals surface area contributed by atoms with Crippen molar-refractivity contribution in [1.29, 1.82) is 0 Å². The molecule has 0 aliphatic rings. The molecule has 0 bridgehead atoms. The molecule has 0 saturated heterocycles. The first-order valence-corrected chi connectivity index (χ1v) is 4.30. The molecule has 0 heterocycles. The maximum absolute atomic E-state index is 11.1. The second-order valence-electron chi connectivity index (χ2n) is 2.87. The van der Waals surface area contributed by atoms with Crippen molar-refractivity contribution < 1.29 is 9.53 Å². The molecule has 0 spiro atoms. The summed E-state index contributed by atoms with van der Waals surface area (Å²) in [6, 6.07) is 6.78. The average molecular weight is 194 g/mol. The number of rotatable bonds is 4. The lowest BCUT2D eigenvalue weighted by Gasteiger charge is -2.15. The molecule has 1 aromatic rings. The molecule has 0 aliphatic heterocycles. The van der Waals surface area contributed by atoms with Crippen LogP contribution in [0.2, 0.25) is 0 Å². The number of likely N-dealkylation sites (N-methyl/N-ethyl adjacent to an activating group) is 1. The third kappa shape index (κ3) is 2.03. The highest BCUT2D eigenvalue weighted by Crippen LogP contribution is 2.23. The zero-order valence-corrected chi connectivity index (χ0v) is 8.28. The smallest absolute Gasteiger partial charge is 0.239 e. The van der Waals surface area contributed by atoms with Crippen LogP contribution in [0.5, 0.6) is 5.75 Å². The van der Waals surface area contributed by atoms with Crippen LogP contribution in [0.4, 0.5) is 0 Å². The number of hydrogen-bond donors (Lipinski definition) is 2. The van der Waals surface area contributed by atoms with E-state index < -0.39 is 11.9 Å². The van der Waals surface area contributed by atoms with Crippen LogP contribution in [0.1, 0.15) is 11.6 Å². The predicted octanol–water partition coefficient (Wildman–Crippen LogP) is 0.441. The summed E-state index contributed by atoms with van der Waals surface area (Å²) < 4.78 is 5.13. The summed E-state index contributed by atoms with van der Waals surface area (Å²) in [6.07, 6.45) is 0. The molecule has 0 radical (unpaired) electrons. The highest BCUT2D eigenvalue weighted by molar-refractivity contribution is 5.82. The molecule has 1 amide bonds. The van der Waals surface area contributed by atoms with Crippen molar-refractivity contribution >= 4 is 5.91 Å². The van der Waals surface area contributed by atoms with Crippen LogP contribution in [-0.2, 0) is 4.79 Å². The molecule has 4 heteroatoms. The number of benzene rings is 1. The van der Waals surface area contributed by atoms with E-state index in [-0.39, 0.29) is 0 Å². The van der Waals surface area contributed by atoms with Gasteiger partial charge < -0.3 is 15.8 Å². The molecule has 76 valence electrons. The van der Waals surface area contributed by atoms with E-state index in [1.54, 1.807) is 20.2 Å². The van der Waals surface area contributed by atoms with Crippen LogP contribution in [0.25, 0.3) is 0 Å². The van der Waals surface area contributed by atoms with Crippen LogP contribution in [-0.4, -0.2) is 20.1 Å². The molecule has 1 rings (SSSR count). The Labute approximate surface area is 83.1 Å². The fourth-order valence-electron chi connectivity index (χ4n) is 1.36. The molecular weight excluding hydrogens is 180 g/mol. The van der Waals surface area contributed by atoms with Crippen molar-refractivity contribution in [3.05, 3.63) is 29.8 Å². The number of methoxy groups -OCH3 is 1. The van der Waals surface area contributed by atoms with Crippen molar-refractivity contribution in [2.24, 2.45) is 5.73 Å². The van der Waals surface area contributed by atoms with Crippen molar-refractivity contribution in [2.75, 3.05) is 14.2 Å². The van der Waals surface area contributed by atoms with Gasteiger partial charge in [-0.15, -0.1) is 0 Å². The molecule has 0 aliphatic carbocycles. The molecule has 0 aromatic heterocycles. The van der Waals surface area contributed by atoms with E-state index in [0.717, 1.165) is 5.56 Å². The standard InChI is InChI=1S/C10H14N2O2/c1-12-9(10(11)13)7-5-3-4-6-8(7)14-2/h3-6,9,12H,1-2H3,(H2,11,13)/t9-/m0/s1. The van der Waals surface area contributed by atoms with Crippen LogP contribution in [0.3, 0.4) is 0 Å². The number of carbonyl (C=O) groups is 1. The third-order valence-electron chi connectivity index (χ3n) is 2.02. The first-order valence-electron chi connectivity index (χ1n) is 4.30. The van der Waals surface area contributed by atoms with E-state index >= 15 is 0 Å². The van der Waals surface area contributed by atoms with Crippen LogP contribution in [0.15, 0.2) is 24.3 Å². The van der Waals surface area contributed by atoms with Crippen molar-refractivity contribution in [3.8, 4) is 5.75 Å². The Balaban J connectivity index is 3.08. The fourth-order valence-corrected chi connectivity index (χ4v) is 1.36. The van der Waals surface area contributed by atoms with Crippen LogP contribution < -0.4 is 15.8 Å². The lowest BCUT2D eigenvalue weighted by atomic mass is 10.1. The van der Waals surface area contributed by atoms with Gasteiger partial charge in [0.15, 0.2) is 0 Å². The Bertz CT molecular complexity index is 326. The number of carbonyl (C=O) groups excluding carboxylic acids is 1. The first kappa shape index (κ1) is 10.5. The van der Waals surface area contributed by atoms with Gasteiger partial charge in [0.2, 0.25) is 5.91 Å². The Kier molecular flexibility index (Phi) is 3.48. The number of primary amides is 1. The Morgan fingerprint density at radius 3 is 2.64 bits per heavy atom. The van der Waals surface area contributed by atoms with E-state index in [1.165, 1.54) is 0 Å². The van der Waals surface area contributed by atoms with Gasteiger partial charge in [0.05, 0.1) is 7.11 Å². The predicted molar refractivity (Wildman–Crippen MR) is 54.0 cm³/mol. The van der Waals surface area contributed by atoms with Gasteiger partial charge in [-0.3, -0.25) is 4.79 Å². The highest BCUT2D eigenvalue weighted by atomic mass is 16.5. The van der Waals surface area contributed by atoms with Gasteiger partial charge in [0, 0.05) is 5.56 Å². The van der Waals surface area contributed by atoms with Crippen molar-refractivity contribution in [3.63, 3.8) is 0 Å². The second kappa shape index (κ2) is 4.62. The molecule has 0 unspecified atom stereocenters. The van der Waals surface area contributed by atoms with Gasteiger partial charge >= 0.3 is 0 Å². The summed E-state index contributed by atoms with van der Waals surface area (Å²) in [5.41, 5.74) is 6.00. The molecule has 0 fully saturated rings. The maximum atomic E-state index is 11.1. The van der Waals surface area contributed by atoms with Gasteiger partial charge in [-0.05, 0) is 13.1 Å². The van der Waals surface area contributed by atoms with Gasteiger partial charge in [-0.2, -0.15) is 0 Å².